The van der Waals surface area contributed by atoms with E-state index in [2.05, 4.69) is 9.97 Å². The van der Waals surface area contributed by atoms with Crippen LogP contribution in [0.3, 0.4) is 0 Å². The van der Waals surface area contributed by atoms with Crippen molar-refractivity contribution in [2.75, 3.05) is 31.1 Å². The normalized spacial score (nSPS) is 14.8. The number of aromatic nitrogens is 3. The minimum atomic E-state index is -4.41. The summed E-state index contributed by atoms with van der Waals surface area (Å²) in [4.78, 5) is 26.9. The van der Waals surface area contributed by atoms with Gasteiger partial charge in [0, 0.05) is 49.8 Å². The molecule has 33 heavy (non-hydrogen) atoms. The summed E-state index contributed by atoms with van der Waals surface area (Å²) in [5.41, 5.74) is 1.96. The molecule has 1 amide bonds. The fourth-order valence-electron chi connectivity index (χ4n) is 3.92. The van der Waals surface area contributed by atoms with Crippen molar-refractivity contribution in [3.63, 3.8) is 0 Å². The first-order valence-electron chi connectivity index (χ1n) is 10.4. The van der Waals surface area contributed by atoms with E-state index < -0.39 is 11.7 Å². The first-order chi connectivity index (χ1) is 15.8. The van der Waals surface area contributed by atoms with Crippen molar-refractivity contribution in [2.24, 2.45) is 0 Å². The van der Waals surface area contributed by atoms with Crippen LogP contribution < -0.4 is 4.90 Å². The molecule has 5 rings (SSSR count). The molecule has 170 valence electrons. The number of rotatable bonds is 3. The number of carbonyl (C=O) groups is 1. The molecule has 1 aliphatic heterocycles. The summed E-state index contributed by atoms with van der Waals surface area (Å²) >= 11 is 1.37. The Morgan fingerprint density at radius 3 is 2.36 bits per heavy atom. The topological polar surface area (TPSA) is 53.7 Å². The Labute approximate surface area is 191 Å². The van der Waals surface area contributed by atoms with E-state index in [9.17, 15) is 18.0 Å². The number of aryl methyl sites for hydroxylation is 1. The summed E-state index contributed by atoms with van der Waals surface area (Å²) in [5, 5.41) is 0. The third kappa shape index (κ3) is 4.06. The summed E-state index contributed by atoms with van der Waals surface area (Å²) in [6.45, 7) is 3.86. The SMILES string of the molecule is Cc1c(C(=O)N2CCN(c3ccc(C(F)(F)F)cn3)CC2)sc2nc(-c3ccccc3)cn12. The lowest BCUT2D eigenvalue weighted by Crippen LogP contribution is -2.49. The van der Waals surface area contributed by atoms with E-state index in [1.54, 1.807) is 4.90 Å². The number of carbonyl (C=O) groups excluding carboxylic acids is 1. The lowest BCUT2D eigenvalue weighted by molar-refractivity contribution is -0.137. The second-order valence-corrected chi connectivity index (χ2v) is 8.82. The van der Waals surface area contributed by atoms with Crippen LogP contribution >= 0.6 is 11.3 Å². The molecule has 1 saturated heterocycles. The minimum Gasteiger partial charge on any atom is -0.353 e. The number of anilines is 1. The molecule has 0 N–H and O–H groups in total. The van der Waals surface area contributed by atoms with Gasteiger partial charge in [0.15, 0.2) is 4.96 Å². The smallest absolute Gasteiger partial charge is 0.353 e. The summed E-state index contributed by atoms with van der Waals surface area (Å²) in [6.07, 6.45) is -1.61. The lowest BCUT2D eigenvalue weighted by atomic mass is 10.2. The summed E-state index contributed by atoms with van der Waals surface area (Å²) in [6, 6.07) is 12.3. The second kappa shape index (κ2) is 8.18. The van der Waals surface area contributed by atoms with E-state index in [-0.39, 0.29) is 5.91 Å². The zero-order valence-corrected chi connectivity index (χ0v) is 18.5. The summed E-state index contributed by atoms with van der Waals surface area (Å²) in [5.74, 6) is 0.429. The molecule has 0 radical (unpaired) electrons. The molecule has 0 aliphatic carbocycles. The van der Waals surface area contributed by atoms with Crippen molar-refractivity contribution in [2.45, 2.75) is 13.1 Å². The molecule has 0 atom stereocenters. The molecule has 1 fully saturated rings. The van der Waals surface area contributed by atoms with Crippen molar-refractivity contribution >= 4 is 28.0 Å². The maximum atomic E-state index is 13.2. The van der Waals surface area contributed by atoms with Crippen LogP contribution in [0.25, 0.3) is 16.2 Å². The highest BCUT2D eigenvalue weighted by Gasteiger charge is 2.31. The number of hydrogen-bond acceptors (Lipinski definition) is 5. The van der Waals surface area contributed by atoms with Crippen LogP contribution in [0.2, 0.25) is 0 Å². The molecule has 0 unspecified atom stereocenters. The van der Waals surface area contributed by atoms with Crippen LogP contribution in [0, 0.1) is 6.92 Å². The number of hydrogen-bond donors (Lipinski definition) is 0. The van der Waals surface area contributed by atoms with E-state index in [0.29, 0.717) is 36.9 Å². The molecule has 4 aromatic rings. The third-order valence-electron chi connectivity index (χ3n) is 5.79. The second-order valence-electron chi connectivity index (χ2n) is 7.84. The molecule has 3 aromatic heterocycles. The minimum absolute atomic E-state index is 0.0516. The average molecular weight is 472 g/mol. The predicted molar refractivity (Wildman–Crippen MR) is 121 cm³/mol. The van der Waals surface area contributed by atoms with Crippen LogP contribution in [0.4, 0.5) is 19.0 Å². The zero-order valence-electron chi connectivity index (χ0n) is 17.7. The molecular formula is C23H20F3N5OS. The van der Waals surface area contributed by atoms with Gasteiger partial charge in [-0.05, 0) is 19.1 Å². The Kier molecular flexibility index (Phi) is 5.32. The van der Waals surface area contributed by atoms with Gasteiger partial charge < -0.3 is 9.80 Å². The molecule has 0 saturated carbocycles. The Bertz CT molecular complexity index is 1290. The maximum Gasteiger partial charge on any atom is 0.417 e. The van der Waals surface area contributed by atoms with Gasteiger partial charge in [-0.15, -0.1) is 0 Å². The Hall–Kier alpha value is -3.40. The number of benzene rings is 1. The Balaban J connectivity index is 1.28. The molecule has 0 spiro atoms. The standard InChI is InChI=1S/C23H20F3N5OS/c1-15-20(33-22-28-18(14-31(15)22)16-5-3-2-4-6-16)21(32)30-11-9-29(10-12-30)19-8-7-17(13-27-19)23(24,25)26/h2-8,13-14H,9-12H2,1H3. The number of imidazole rings is 1. The quantitative estimate of drug-likeness (QED) is 0.433. The van der Waals surface area contributed by atoms with Crippen LogP contribution in [-0.2, 0) is 6.18 Å². The van der Waals surface area contributed by atoms with E-state index in [1.807, 2.05) is 52.8 Å². The molecular weight excluding hydrogens is 451 g/mol. The number of pyridine rings is 1. The highest BCUT2D eigenvalue weighted by molar-refractivity contribution is 7.19. The number of fused-ring (bicyclic) bond motifs is 1. The third-order valence-corrected chi connectivity index (χ3v) is 6.93. The Morgan fingerprint density at radius 2 is 1.76 bits per heavy atom. The number of nitrogens with zero attached hydrogens (tertiary/aromatic N) is 5. The number of alkyl halides is 3. The van der Waals surface area contributed by atoms with Gasteiger partial charge in [-0.1, -0.05) is 41.7 Å². The number of halogens is 3. The number of piperazine rings is 1. The van der Waals surface area contributed by atoms with Crippen LogP contribution in [0.5, 0.6) is 0 Å². The van der Waals surface area contributed by atoms with Gasteiger partial charge in [-0.3, -0.25) is 9.20 Å². The maximum absolute atomic E-state index is 13.2. The van der Waals surface area contributed by atoms with Gasteiger partial charge in [0.1, 0.15) is 10.7 Å². The highest BCUT2D eigenvalue weighted by atomic mass is 32.1. The molecule has 0 bridgehead atoms. The van der Waals surface area contributed by atoms with Gasteiger partial charge in [0.2, 0.25) is 0 Å². The zero-order chi connectivity index (χ0) is 23.2. The number of thiazole rings is 1. The Morgan fingerprint density at radius 1 is 1.03 bits per heavy atom. The van der Waals surface area contributed by atoms with E-state index in [0.717, 1.165) is 34.2 Å². The monoisotopic (exact) mass is 471 g/mol. The van der Waals surface area contributed by atoms with E-state index in [1.165, 1.54) is 17.4 Å². The van der Waals surface area contributed by atoms with Crippen molar-refractivity contribution in [1.82, 2.24) is 19.3 Å². The van der Waals surface area contributed by atoms with E-state index in [4.69, 9.17) is 0 Å². The van der Waals surface area contributed by atoms with Crippen LogP contribution in [-0.4, -0.2) is 51.4 Å². The molecule has 1 aliphatic rings. The lowest BCUT2D eigenvalue weighted by Gasteiger charge is -2.35. The van der Waals surface area contributed by atoms with E-state index >= 15 is 0 Å². The molecule has 4 heterocycles. The fourth-order valence-corrected chi connectivity index (χ4v) is 5.00. The van der Waals surface area contributed by atoms with Gasteiger partial charge in [-0.2, -0.15) is 13.2 Å². The summed E-state index contributed by atoms with van der Waals surface area (Å²) in [7, 11) is 0. The van der Waals surface area contributed by atoms with Gasteiger partial charge in [0.25, 0.3) is 5.91 Å². The summed E-state index contributed by atoms with van der Waals surface area (Å²) < 4.78 is 40.2. The van der Waals surface area contributed by atoms with Crippen molar-refractivity contribution in [3.05, 3.63) is 71.0 Å². The highest BCUT2D eigenvalue weighted by Crippen LogP contribution is 2.30. The molecule has 6 nitrogen and oxygen atoms in total. The average Bonchev–Trinajstić information content (AvgIpc) is 3.38. The number of amides is 1. The van der Waals surface area contributed by atoms with Crippen LogP contribution in [0.15, 0.2) is 54.9 Å². The fraction of sp³-hybridized carbons (Fsp3) is 0.261. The van der Waals surface area contributed by atoms with Gasteiger partial charge >= 0.3 is 6.18 Å². The molecule has 1 aromatic carbocycles. The van der Waals surface area contributed by atoms with Crippen molar-refractivity contribution < 1.29 is 18.0 Å². The van der Waals surface area contributed by atoms with Gasteiger partial charge in [0.05, 0.1) is 11.3 Å². The van der Waals surface area contributed by atoms with Crippen molar-refractivity contribution in [3.8, 4) is 11.3 Å². The van der Waals surface area contributed by atoms with Crippen molar-refractivity contribution in [1.29, 1.82) is 0 Å². The van der Waals surface area contributed by atoms with Crippen LogP contribution in [0.1, 0.15) is 20.9 Å². The predicted octanol–water partition coefficient (Wildman–Crippen LogP) is 4.75. The first kappa shape index (κ1) is 21.4. The molecule has 10 heteroatoms. The van der Waals surface area contributed by atoms with Gasteiger partial charge in [-0.25, -0.2) is 9.97 Å². The largest absolute Gasteiger partial charge is 0.417 e. The first-order valence-corrected chi connectivity index (χ1v) is 11.2.